The lowest BCUT2D eigenvalue weighted by Crippen LogP contribution is -2.09. The first-order chi connectivity index (χ1) is 7.45. The van der Waals surface area contributed by atoms with E-state index in [1.807, 2.05) is 0 Å². The lowest BCUT2D eigenvalue weighted by atomic mass is 10.4. The van der Waals surface area contributed by atoms with Crippen LogP contribution in [0.1, 0.15) is 18.5 Å². The molecule has 0 saturated carbocycles. The van der Waals surface area contributed by atoms with Crippen molar-refractivity contribution in [3.8, 4) is 0 Å². The first kappa shape index (κ1) is 10.5. The van der Waals surface area contributed by atoms with E-state index in [2.05, 4.69) is 19.6 Å². The van der Waals surface area contributed by atoms with Crippen molar-refractivity contribution in [2.75, 3.05) is 5.73 Å². The average Bonchev–Trinajstić information content (AvgIpc) is 2.74. The summed E-state index contributed by atoms with van der Waals surface area (Å²) in [6.45, 7) is 0.851. The van der Waals surface area contributed by atoms with Crippen molar-refractivity contribution in [2.45, 2.75) is 19.4 Å². The molecule has 86 valence electrons. The zero-order valence-corrected chi connectivity index (χ0v) is 8.39. The van der Waals surface area contributed by atoms with Gasteiger partial charge in [0.25, 0.3) is 5.89 Å². The van der Waals surface area contributed by atoms with E-state index in [9.17, 15) is 8.78 Å². The number of halogens is 2. The van der Waals surface area contributed by atoms with E-state index < -0.39 is 11.8 Å². The second-order valence-electron chi connectivity index (χ2n) is 3.33. The van der Waals surface area contributed by atoms with Gasteiger partial charge in [0.2, 0.25) is 0 Å². The van der Waals surface area contributed by atoms with Gasteiger partial charge in [-0.1, -0.05) is 0 Å². The molecule has 2 aromatic rings. The Balaban J connectivity index is 2.14. The lowest BCUT2D eigenvalue weighted by molar-refractivity contribution is -0.0109. The predicted octanol–water partition coefficient (Wildman–Crippen LogP) is 1.01. The van der Waals surface area contributed by atoms with Gasteiger partial charge in [-0.15, -0.1) is 5.10 Å². The first-order valence-corrected chi connectivity index (χ1v) is 4.43. The van der Waals surface area contributed by atoms with Gasteiger partial charge in [0.1, 0.15) is 18.5 Å². The highest BCUT2D eigenvalue weighted by molar-refractivity contribution is 5.19. The number of hydrogen-bond acceptors (Lipinski definition) is 5. The molecule has 2 heterocycles. The van der Waals surface area contributed by atoms with Gasteiger partial charge in [0.05, 0.1) is 6.20 Å². The topological polar surface area (TPSA) is 82.8 Å². The summed E-state index contributed by atoms with van der Waals surface area (Å²) in [5, 5.41) is 7.59. The zero-order valence-electron chi connectivity index (χ0n) is 8.39. The van der Waals surface area contributed by atoms with Crippen molar-refractivity contribution < 1.29 is 13.2 Å². The Hall–Kier alpha value is -1.99. The minimum absolute atomic E-state index is 0.136. The van der Waals surface area contributed by atoms with Crippen LogP contribution >= 0.6 is 0 Å². The molecule has 2 aromatic heterocycles. The molecule has 16 heavy (non-hydrogen) atoms. The highest BCUT2D eigenvalue weighted by Crippen LogP contribution is 2.25. The summed E-state index contributed by atoms with van der Waals surface area (Å²) in [5.41, 5.74) is 5.66. The number of alkyl halides is 2. The molecule has 0 saturated heterocycles. The number of nitrogens with zero attached hydrogens (tertiary/aromatic N) is 4. The number of nitrogen functional groups attached to an aromatic ring is 1. The van der Waals surface area contributed by atoms with E-state index in [0.717, 1.165) is 6.26 Å². The van der Waals surface area contributed by atoms with Crippen LogP contribution in [0.4, 0.5) is 14.6 Å². The molecule has 0 aliphatic carbocycles. The van der Waals surface area contributed by atoms with Gasteiger partial charge in [-0.2, -0.15) is 18.7 Å². The molecule has 0 fully saturated rings. The summed E-state index contributed by atoms with van der Waals surface area (Å²) in [6.07, 6.45) is 2.50. The second-order valence-corrected chi connectivity index (χ2v) is 3.33. The van der Waals surface area contributed by atoms with Crippen molar-refractivity contribution in [3.05, 3.63) is 24.0 Å². The lowest BCUT2D eigenvalue weighted by Gasteiger charge is -2.02. The molecule has 0 amide bonds. The molecule has 8 heteroatoms. The van der Waals surface area contributed by atoms with Gasteiger partial charge < -0.3 is 10.2 Å². The Morgan fingerprint density at radius 1 is 1.56 bits per heavy atom. The molecule has 0 aromatic carbocycles. The highest BCUT2D eigenvalue weighted by Gasteiger charge is 2.30. The highest BCUT2D eigenvalue weighted by atomic mass is 19.3. The minimum Gasteiger partial charge on any atom is -0.443 e. The Kier molecular flexibility index (Phi) is 2.33. The van der Waals surface area contributed by atoms with Gasteiger partial charge >= 0.3 is 5.92 Å². The van der Waals surface area contributed by atoms with Crippen LogP contribution in [-0.2, 0) is 12.5 Å². The first-order valence-electron chi connectivity index (χ1n) is 4.43. The average molecular weight is 229 g/mol. The summed E-state index contributed by atoms with van der Waals surface area (Å²) in [7, 11) is 0. The van der Waals surface area contributed by atoms with Gasteiger partial charge in [-0.05, 0) is 0 Å². The van der Waals surface area contributed by atoms with Crippen LogP contribution in [0.25, 0.3) is 0 Å². The summed E-state index contributed by atoms with van der Waals surface area (Å²) in [4.78, 5) is 4.87. The maximum Gasteiger partial charge on any atom is 0.319 e. The van der Waals surface area contributed by atoms with Crippen LogP contribution in [0.15, 0.2) is 16.9 Å². The molecule has 0 unspecified atom stereocenters. The molecule has 0 bridgehead atoms. The molecule has 0 aliphatic heterocycles. The molecule has 0 radical (unpaired) electrons. The van der Waals surface area contributed by atoms with E-state index in [4.69, 9.17) is 5.73 Å². The number of anilines is 1. The molecule has 6 nitrogen and oxygen atoms in total. The third-order valence-electron chi connectivity index (χ3n) is 1.78. The standard InChI is InChI=1S/C8H9F2N5O/c1-8(9,10)7-13-5(4-16-7)3-15-12-2-6(11)14-15/h2,4H,3H2,1H3,(H2,11,14). The molecule has 0 aliphatic rings. The van der Waals surface area contributed by atoms with E-state index in [1.54, 1.807) is 0 Å². The number of rotatable bonds is 3. The molecule has 0 spiro atoms. The van der Waals surface area contributed by atoms with Crippen molar-refractivity contribution >= 4 is 5.82 Å². The van der Waals surface area contributed by atoms with Crippen molar-refractivity contribution in [3.63, 3.8) is 0 Å². The molecule has 2 N–H and O–H groups in total. The monoisotopic (exact) mass is 229 g/mol. The van der Waals surface area contributed by atoms with Crippen LogP contribution in [0.3, 0.4) is 0 Å². The molecule has 2 rings (SSSR count). The smallest absolute Gasteiger partial charge is 0.319 e. The minimum atomic E-state index is -3.09. The zero-order chi connectivity index (χ0) is 11.8. The van der Waals surface area contributed by atoms with Crippen LogP contribution in [0, 0.1) is 0 Å². The fourth-order valence-electron chi connectivity index (χ4n) is 1.11. The number of aromatic nitrogens is 4. The normalized spacial score (nSPS) is 11.9. The molecular weight excluding hydrogens is 220 g/mol. The summed E-state index contributed by atoms with van der Waals surface area (Å²) < 4.78 is 30.2. The third kappa shape index (κ3) is 2.15. The van der Waals surface area contributed by atoms with Crippen LogP contribution < -0.4 is 5.73 Å². The quantitative estimate of drug-likeness (QED) is 0.849. The molecular formula is C8H9F2N5O. The van der Waals surface area contributed by atoms with E-state index in [1.165, 1.54) is 11.0 Å². The fourth-order valence-corrected chi connectivity index (χ4v) is 1.11. The van der Waals surface area contributed by atoms with Crippen LogP contribution in [0.2, 0.25) is 0 Å². The maximum atomic E-state index is 12.8. The number of hydrogen-bond donors (Lipinski definition) is 1. The van der Waals surface area contributed by atoms with E-state index >= 15 is 0 Å². The summed E-state index contributed by atoms with van der Waals surface area (Å²) in [5.74, 6) is -3.46. The van der Waals surface area contributed by atoms with E-state index in [0.29, 0.717) is 12.6 Å². The fraction of sp³-hybridized carbons (Fsp3) is 0.375. The van der Waals surface area contributed by atoms with Crippen LogP contribution in [0.5, 0.6) is 0 Å². The van der Waals surface area contributed by atoms with Gasteiger partial charge in [-0.25, -0.2) is 4.98 Å². The predicted molar refractivity (Wildman–Crippen MR) is 49.6 cm³/mol. The Morgan fingerprint density at radius 3 is 2.81 bits per heavy atom. The Labute approximate surface area is 89.1 Å². The number of oxazole rings is 1. The Bertz CT molecular complexity index is 487. The van der Waals surface area contributed by atoms with Gasteiger partial charge in [-0.3, -0.25) is 0 Å². The Morgan fingerprint density at radius 2 is 2.31 bits per heavy atom. The maximum absolute atomic E-state index is 12.8. The van der Waals surface area contributed by atoms with Gasteiger partial charge in [0.15, 0.2) is 5.82 Å². The van der Waals surface area contributed by atoms with Crippen molar-refractivity contribution in [2.24, 2.45) is 0 Å². The van der Waals surface area contributed by atoms with Crippen molar-refractivity contribution in [1.29, 1.82) is 0 Å². The second kappa shape index (κ2) is 3.54. The molecule has 0 atom stereocenters. The summed E-state index contributed by atoms with van der Waals surface area (Å²) in [6, 6.07) is 0. The van der Waals surface area contributed by atoms with Crippen molar-refractivity contribution in [1.82, 2.24) is 20.0 Å². The van der Waals surface area contributed by atoms with E-state index in [-0.39, 0.29) is 12.4 Å². The number of nitrogens with two attached hydrogens (primary N) is 1. The SMILES string of the molecule is CC(F)(F)c1nc(Cn2ncc(N)n2)co1. The third-order valence-corrected chi connectivity index (χ3v) is 1.78. The summed E-state index contributed by atoms with van der Waals surface area (Å²) >= 11 is 0. The van der Waals surface area contributed by atoms with Gasteiger partial charge in [0, 0.05) is 6.92 Å². The largest absolute Gasteiger partial charge is 0.443 e. The van der Waals surface area contributed by atoms with Crippen LogP contribution in [-0.4, -0.2) is 20.0 Å².